The summed E-state index contributed by atoms with van der Waals surface area (Å²) in [6, 6.07) is 7.71. The summed E-state index contributed by atoms with van der Waals surface area (Å²) in [5.74, 6) is 0.172. The molecule has 1 fully saturated rings. The molecule has 2 rings (SSSR count). The standard InChI is InChI=1S/C13H16ClNO/c1-15(12-3-2-4-12)9-13(16)10-5-7-11(14)8-6-10/h5-8,12H,2-4,9H2,1H3. The Morgan fingerprint density at radius 2 is 2.00 bits per heavy atom. The van der Waals surface area contributed by atoms with Crippen LogP contribution in [-0.2, 0) is 0 Å². The highest BCUT2D eigenvalue weighted by molar-refractivity contribution is 6.30. The predicted octanol–water partition coefficient (Wildman–Crippen LogP) is 3.01. The van der Waals surface area contributed by atoms with E-state index >= 15 is 0 Å². The number of ketones is 1. The molecule has 3 heteroatoms. The zero-order valence-corrected chi connectivity index (χ0v) is 10.2. The molecule has 1 aromatic carbocycles. The lowest BCUT2D eigenvalue weighted by atomic mass is 9.91. The first-order valence-corrected chi connectivity index (χ1v) is 6.03. The molecular weight excluding hydrogens is 222 g/mol. The number of hydrogen-bond acceptors (Lipinski definition) is 2. The first-order chi connectivity index (χ1) is 7.66. The molecule has 0 bridgehead atoms. The minimum atomic E-state index is 0.172. The van der Waals surface area contributed by atoms with Gasteiger partial charge in [-0.25, -0.2) is 0 Å². The number of halogens is 1. The third-order valence-corrected chi connectivity index (χ3v) is 3.51. The lowest BCUT2D eigenvalue weighted by molar-refractivity contribution is 0.0870. The fourth-order valence-electron chi connectivity index (χ4n) is 1.91. The summed E-state index contributed by atoms with van der Waals surface area (Å²) >= 11 is 5.78. The van der Waals surface area contributed by atoms with Gasteiger partial charge in [0.05, 0.1) is 6.54 Å². The monoisotopic (exact) mass is 237 g/mol. The second-order valence-electron chi connectivity index (χ2n) is 4.43. The van der Waals surface area contributed by atoms with Gasteiger partial charge in [0.15, 0.2) is 5.78 Å². The molecule has 16 heavy (non-hydrogen) atoms. The molecule has 1 aliphatic rings. The fourth-order valence-corrected chi connectivity index (χ4v) is 2.04. The Morgan fingerprint density at radius 3 is 2.50 bits per heavy atom. The Balaban J connectivity index is 1.94. The Kier molecular flexibility index (Phi) is 3.62. The molecule has 0 heterocycles. The molecule has 1 aliphatic carbocycles. The highest BCUT2D eigenvalue weighted by Crippen LogP contribution is 2.23. The average Bonchev–Trinajstić information content (AvgIpc) is 2.15. The van der Waals surface area contributed by atoms with Crippen molar-refractivity contribution in [2.24, 2.45) is 0 Å². The normalized spacial score (nSPS) is 16.2. The van der Waals surface area contributed by atoms with Crippen LogP contribution < -0.4 is 0 Å². The van der Waals surface area contributed by atoms with E-state index in [9.17, 15) is 4.79 Å². The second-order valence-corrected chi connectivity index (χ2v) is 4.87. The van der Waals surface area contributed by atoms with Crippen LogP contribution in [0.1, 0.15) is 29.6 Å². The Bertz CT molecular complexity index is 370. The van der Waals surface area contributed by atoms with Crippen molar-refractivity contribution in [1.29, 1.82) is 0 Å². The smallest absolute Gasteiger partial charge is 0.176 e. The maximum absolute atomic E-state index is 11.9. The van der Waals surface area contributed by atoms with Gasteiger partial charge in [-0.3, -0.25) is 9.69 Å². The summed E-state index contributed by atoms with van der Waals surface area (Å²) in [7, 11) is 2.03. The van der Waals surface area contributed by atoms with E-state index in [1.807, 2.05) is 7.05 Å². The van der Waals surface area contributed by atoms with Crippen molar-refractivity contribution < 1.29 is 4.79 Å². The van der Waals surface area contributed by atoms with Gasteiger partial charge in [0.25, 0.3) is 0 Å². The summed E-state index contributed by atoms with van der Waals surface area (Å²) in [5.41, 5.74) is 0.746. The van der Waals surface area contributed by atoms with Gasteiger partial charge < -0.3 is 0 Å². The molecule has 0 aromatic heterocycles. The van der Waals surface area contributed by atoms with E-state index in [2.05, 4.69) is 4.90 Å². The number of likely N-dealkylation sites (N-methyl/N-ethyl adjacent to an activating group) is 1. The number of hydrogen-bond donors (Lipinski definition) is 0. The summed E-state index contributed by atoms with van der Waals surface area (Å²) in [6.45, 7) is 0.506. The number of rotatable bonds is 4. The van der Waals surface area contributed by atoms with Gasteiger partial charge in [0.2, 0.25) is 0 Å². The average molecular weight is 238 g/mol. The van der Waals surface area contributed by atoms with Crippen molar-refractivity contribution in [2.45, 2.75) is 25.3 Å². The maximum Gasteiger partial charge on any atom is 0.176 e. The predicted molar refractivity (Wildman–Crippen MR) is 66.1 cm³/mol. The van der Waals surface area contributed by atoms with Gasteiger partial charge in [-0.15, -0.1) is 0 Å². The molecule has 0 spiro atoms. The van der Waals surface area contributed by atoms with Crippen LogP contribution in [0, 0.1) is 0 Å². The molecule has 0 atom stereocenters. The highest BCUT2D eigenvalue weighted by Gasteiger charge is 2.23. The lowest BCUT2D eigenvalue weighted by Crippen LogP contribution is -2.40. The Labute approximate surface area is 101 Å². The molecular formula is C13H16ClNO. The van der Waals surface area contributed by atoms with E-state index in [1.165, 1.54) is 19.3 Å². The van der Waals surface area contributed by atoms with E-state index in [-0.39, 0.29) is 5.78 Å². The quantitative estimate of drug-likeness (QED) is 0.751. The van der Waals surface area contributed by atoms with Gasteiger partial charge in [-0.1, -0.05) is 18.0 Å². The number of carbonyl (C=O) groups is 1. The molecule has 2 nitrogen and oxygen atoms in total. The molecule has 86 valence electrons. The van der Waals surface area contributed by atoms with Crippen LogP contribution in [0.25, 0.3) is 0 Å². The van der Waals surface area contributed by atoms with Gasteiger partial charge in [-0.2, -0.15) is 0 Å². The van der Waals surface area contributed by atoms with E-state index in [0.717, 1.165) is 5.56 Å². The molecule has 0 amide bonds. The van der Waals surface area contributed by atoms with Crippen LogP contribution in [0.2, 0.25) is 5.02 Å². The van der Waals surface area contributed by atoms with Crippen molar-refractivity contribution in [3.63, 3.8) is 0 Å². The molecule has 0 saturated heterocycles. The van der Waals surface area contributed by atoms with Crippen molar-refractivity contribution in [2.75, 3.05) is 13.6 Å². The van der Waals surface area contributed by atoms with E-state index in [0.29, 0.717) is 17.6 Å². The third-order valence-electron chi connectivity index (χ3n) is 3.26. The first kappa shape index (κ1) is 11.6. The van der Waals surface area contributed by atoms with Gasteiger partial charge in [-0.05, 0) is 44.2 Å². The molecule has 1 saturated carbocycles. The number of Topliss-reactive ketones (excluding diaryl/α,β-unsaturated/α-hetero) is 1. The summed E-state index contributed by atoms with van der Waals surface area (Å²) < 4.78 is 0. The fraction of sp³-hybridized carbons (Fsp3) is 0.462. The topological polar surface area (TPSA) is 20.3 Å². The van der Waals surface area contributed by atoms with Crippen LogP contribution in [0.15, 0.2) is 24.3 Å². The van der Waals surface area contributed by atoms with Crippen molar-refractivity contribution >= 4 is 17.4 Å². The largest absolute Gasteiger partial charge is 0.296 e. The zero-order valence-electron chi connectivity index (χ0n) is 9.45. The van der Waals surface area contributed by atoms with Crippen molar-refractivity contribution in [3.05, 3.63) is 34.9 Å². The van der Waals surface area contributed by atoms with E-state index in [1.54, 1.807) is 24.3 Å². The summed E-state index contributed by atoms with van der Waals surface area (Å²) in [5, 5.41) is 0.670. The number of benzene rings is 1. The Morgan fingerprint density at radius 1 is 1.38 bits per heavy atom. The van der Waals surface area contributed by atoms with Crippen LogP contribution in [0.3, 0.4) is 0 Å². The first-order valence-electron chi connectivity index (χ1n) is 5.66. The van der Waals surface area contributed by atoms with Gasteiger partial charge >= 0.3 is 0 Å². The van der Waals surface area contributed by atoms with Crippen molar-refractivity contribution in [3.8, 4) is 0 Å². The number of carbonyl (C=O) groups excluding carboxylic acids is 1. The molecule has 0 N–H and O–H groups in total. The molecule has 1 aromatic rings. The van der Waals surface area contributed by atoms with Gasteiger partial charge in [0, 0.05) is 16.6 Å². The van der Waals surface area contributed by atoms with Gasteiger partial charge in [0.1, 0.15) is 0 Å². The minimum Gasteiger partial charge on any atom is -0.296 e. The molecule has 0 unspecified atom stereocenters. The third kappa shape index (κ3) is 2.63. The van der Waals surface area contributed by atoms with E-state index < -0.39 is 0 Å². The molecule has 0 radical (unpaired) electrons. The van der Waals surface area contributed by atoms with Crippen LogP contribution >= 0.6 is 11.6 Å². The Hall–Kier alpha value is -0.860. The summed E-state index contributed by atoms with van der Waals surface area (Å²) in [6.07, 6.45) is 3.75. The van der Waals surface area contributed by atoms with Crippen LogP contribution in [0.5, 0.6) is 0 Å². The second kappa shape index (κ2) is 4.98. The molecule has 0 aliphatic heterocycles. The van der Waals surface area contributed by atoms with Crippen molar-refractivity contribution in [1.82, 2.24) is 4.90 Å². The van der Waals surface area contributed by atoms with Crippen LogP contribution in [-0.4, -0.2) is 30.3 Å². The highest BCUT2D eigenvalue weighted by atomic mass is 35.5. The maximum atomic E-state index is 11.9. The zero-order chi connectivity index (χ0) is 11.5. The van der Waals surface area contributed by atoms with Crippen LogP contribution in [0.4, 0.5) is 0 Å². The van der Waals surface area contributed by atoms with E-state index in [4.69, 9.17) is 11.6 Å². The lowest BCUT2D eigenvalue weighted by Gasteiger charge is -2.34. The minimum absolute atomic E-state index is 0.172. The summed E-state index contributed by atoms with van der Waals surface area (Å²) in [4.78, 5) is 14.1. The number of nitrogens with zero attached hydrogens (tertiary/aromatic N) is 1. The SMILES string of the molecule is CN(CC(=O)c1ccc(Cl)cc1)C1CCC1.